The van der Waals surface area contributed by atoms with Gasteiger partial charge in [-0.2, -0.15) is 5.26 Å². The first-order valence-corrected chi connectivity index (χ1v) is 9.97. The third-order valence-corrected chi connectivity index (χ3v) is 5.28. The lowest BCUT2D eigenvalue weighted by atomic mass is 10.1. The molecule has 2 heterocycles. The number of hydrogen-bond acceptors (Lipinski definition) is 5. The Labute approximate surface area is 176 Å². The Bertz CT molecular complexity index is 1100. The summed E-state index contributed by atoms with van der Waals surface area (Å²) in [6.07, 6.45) is 1.66. The van der Waals surface area contributed by atoms with Crippen molar-refractivity contribution in [1.29, 1.82) is 5.26 Å². The Morgan fingerprint density at radius 2 is 1.67 bits per heavy atom. The van der Waals surface area contributed by atoms with Gasteiger partial charge in [0, 0.05) is 43.8 Å². The van der Waals surface area contributed by atoms with Crippen molar-refractivity contribution in [3.05, 3.63) is 83.7 Å². The van der Waals surface area contributed by atoms with E-state index in [1.165, 1.54) is 11.3 Å². The molecule has 0 radical (unpaired) electrons. The van der Waals surface area contributed by atoms with Crippen LogP contribution in [0.5, 0.6) is 0 Å². The molecule has 0 bridgehead atoms. The quantitative estimate of drug-likeness (QED) is 0.724. The lowest BCUT2D eigenvalue weighted by Crippen LogP contribution is -2.46. The van der Waals surface area contributed by atoms with Gasteiger partial charge >= 0.3 is 0 Å². The number of hydrogen-bond donors (Lipinski definition) is 1. The van der Waals surface area contributed by atoms with Crippen LogP contribution in [0, 0.1) is 18.3 Å². The molecule has 1 N–H and O–H groups in total. The summed E-state index contributed by atoms with van der Waals surface area (Å²) >= 11 is 0. The zero-order valence-electron chi connectivity index (χ0n) is 16.9. The maximum atomic E-state index is 12.7. The highest BCUT2D eigenvalue weighted by Crippen LogP contribution is 2.22. The number of anilines is 3. The molecular weight excluding hydrogens is 374 g/mol. The monoisotopic (exact) mass is 397 g/mol. The molecule has 1 aliphatic rings. The van der Waals surface area contributed by atoms with Gasteiger partial charge in [-0.15, -0.1) is 0 Å². The number of pyridine rings is 1. The lowest BCUT2D eigenvalue weighted by Gasteiger charge is -2.37. The predicted molar refractivity (Wildman–Crippen MR) is 119 cm³/mol. The number of carbonyl (C=O) groups excluding carboxylic acids is 1. The van der Waals surface area contributed by atoms with Crippen molar-refractivity contribution in [3.63, 3.8) is 0 Å². The minimum Gasteiger partial charge on any atom is -0.368 e. The van der Waals surface area contributed by atoms with E-state index >= 15 is 0 Å². The summed E-state index contributed by atoms with van der Waals surface area (Å²) in [4.78, 5) is 21.6. The zero-order chi connectivity index (χ0) is 20.9. The fourth-order valence-electron chi connectivity index (χ4n) is 3.66. The molecule has 0 unspecified atom stereocenters. The second-order valence-corrected chi connectivity index (χ2v) is 7.32. The van der Waals surface area contributed by atoms with E-state index in [1.54, 1.807) is 30.5 Å². The number of nitrogens with zero attached hydrogens (tertiary/aromatic N) is 4. The van der Waals surface area contributed by atoms with E-state index in [9.17, 15) is 10.1 Å². The third-order valence-electron chi connectivity index (χ3n) is 5.28. The highest BCUT2D eigenvalue weighted by Gasteiger charge is 2.19. The van der Waals surface area contributed by atoms with Gasteiger partial charge in [0.15, 0.2) is 0 Å². The number of aryl methyl sites for hydroxylation is 1. The molecule has 1 fully saturated rings. The van der Waals surface area contributed by atoms with Gasteiger partial charge in [-0.25, -0.2) is 0 Å². The van der Waals surface area contributed by atoms with Crippen molar-refractivity contribution >= 4 is 23.0 Å². The molecule has 0 spiro atoms. The predicted octanol–water partition coefficient (Wildman–Crippen LogP) is 3.84. The Morgan fingerprint density at radius 1 is 0.967 bits per heavy atom. The largest absolute Gasteiger partial charge is 0.368 e. The number of benzene rings is 2. The van der Waals surface area contributed by atoms with Gasteiger partial charge in [-0.3, -0.25) is 9.78 Å². The molecule has 3 aromatic rings. The van der Waals surface area contributed by atoms with Crippen LogP contribution in [0.15, 0.2) is 66.9 Å². The molecular formula is C24H23N5O. The molecule has 1 aromatic heterocycles. The number of para-hydroxylation sites is 1. The van der Waals surface area contributed by atoms with Crippen molar-refractivity contribution in [2.24, 2.45) is 0 Å². The molecule has 0 saturated carbocycles. The summed E-state index contributed by atoms with van der Waals surface area (Å²) < 4.78 is 0. The Morgan fingerprint density at radius 3 is 2.37 bits per heavy atom. The van der Waals surface area contributed by atoms with Gasteiger partial charge in [0.05, 0.1) is 11.3 Å². The maximum Gasteiger partial charge on any atom is 0.274 e. The van der Waals surface area contributed by atoms with Crippen LogP contribution in [-0.2, 0) is 0 Å². The molecule has 4 rings (SSSR count). The Hall–Kier alpha value is -3.85. The summed E-state index contributed by atoms with van der Waals surface area (Å²) in [5.41, 5.74) is 4.74. The van der Waals surface area contributed by atoms with Crippen LogP contribution in [0.1, 0.15) is 21.6 Å². The molecule has 1 aliphatic heterocycles. The zero-order valence-corrected chi connectivity index (χ0v) is 16.9. The van der Waals surface area contributed by atoms with Crippen molar-refractivity contribution in [3.8, 4) is 6.07 Å². The number of aromatic nitrogens is 1. The van der Waals surface area contributed by atoms with Crippen LogP contribution in [0.4, 0.5) is 17.1 Å². The molecule has 30 heavy (non-hydrogen) atoms. The average molecular weight is 397 g/mol. The first-order valence-electron chi connectivity index (χ1n) is 9.97. The number of amides is 1. The fraction of sp³-hybridized carbons (Fsp3) is 0.208. The van der Waals surface area contributed by atoms with E-state index in [1.807, 2.05) is 12.1 Å². The minimum atomic E-state index is -0.321. The molecule has 0 atom stereocenters. The summed E-state index contributed by atoms with van der Waals surface area (Å²) in [6.45, 7) is 5.69. The highest BCUT2D eigenvalue weighted by atomic mass is 16.1. The number of nitriles is 1. The number of carbonyl (C=O) groups is 1. The smallest absolute Gasteiger partial charge is 0.274 e. The molecule has 2 aromatic carbocycles. The van der Waals surface area contributed by atoms with Crippen LogP contribution in [-0.4, -0.2) is 37.1 Å². The normalized spacial score (nSPS) is 13.6. The van der Waals surface area contributed by atoms with E-state index in [4.69, 9.17) is 0 Å². The van der Waals surface area contributed by atoms with Crippen LogP contribution in [0.3, 0.4) is 0 Å². The number of rotatable bonds is 4. The van der Waals surface area contributed by atoms with Crippen molar-refractivity contribution in [1.82, 2.24) is 4.98 Å². The highest BCUT2D eigenvalue weighted by molar-refractivity contribution is 6.04. The topological polar surface area (TPSA) is 72.3 Å². The summed E-state index contributed by atoms with van der Waals surface area (Å²) in [7, 11) is 0. The van der Waals surface area contributed by atoms with E-state index < -0.39 is 0 Å². The van der Waals surface area contributed by atoms with E-state index in [0.717, 1.165) is 31.9 Å². The standard InChI is InChI=1S/C24H23N5O/c1-18-5-4-7-20(15-18)28-11-13-29(14-12-28)21-9-10-26-23(16-21)24(30)27-22-8-3-2-6-19(22)17-25/h2-10,15-16H,11-14H2,1H3,(H,27,30). The first-order chi connectivity index (χ1) is 14.6. The molecule has 1 amide bonds. The Balaban J connectivity index is 1.44. The van der Waals surface area contributed by atoms with Crippen LogP contribution in [0.25, 0.3) is 0 Å². The number of piperazine rings is 1. The Kier molecular flexibility index (Phi) is 5.62. The summed E-state index contributed by atoms with van der Waals surface area (Å²) in [5, 5.41) is 12.0. The van der Waals surface area contributed by atoms with Crippen LogP contribution in [0.2, 0.25) is 0 Å². The SMILES string of the molecule is Cc1cccc(N2CCN(c3ccnc(C(=O)Nc4ccccc4C#N)c3)CC2)c1. The summed E-state index contributed by atoms with van der Waals surface area (Å²) in [5.74, 6) is -0.321. The maximum absolute atomic E-state index is 12.7. The van der Waals surface area contributed by atoms with Gasteiger partial charge in [0.2, 0.25) is 0 Å². The van der Waals surface area contributed by atoms with Crippen LogP contribution >= 0.6 is 0 Å². The van der Waals surface area contributed by atoms with Gasteiger partial charge < -0.3 is 15.1 Å². The number of nitrogens with one attached hydrogen (secondary N) is 1. The minimum absolute atomic E-state index is 0.321. The second-order valence-electron chi connectivity index (χ2n) is 7.32. The molecule has 6 nitrogen and oxygen atoms in total. The lowest BCUT2D eigenvalue weighted by molar-refractivity contribution is 0.102. The van der Waals surface area contributed by atoms with E-state index in [2.05, 4.69) is 57.4 Å². The summed E-state index contributed by atoms with van der Waals surface area (Å²) in [6, 6.07) is 21.3. The molecule has 6 heteroatoms. The van der Waals surface area contributed by atoms with Gasteiger partial charge in [-0.1, -0.05) is 24.3 Å². The van der Waals surface area contributed by atoms with Gasteiger partial charge in [0.25, 0.3) is 5.91 Å². The van der Waals surface area contributed by atoms with Crippen LogP contribution < -0.4 is 15.1 Å². The molecule has 150 valence electrons. The molecule has 0 aliphatic carbocycles. The fourth-order valence-corrected chi connectivity index (χ4v) is 3.66. The van der Waals surface area contributed by atoms with E-state index in [-0.39, 0.29) is 5.91 Å². The van der Waals surface area contributed by atoms with Gasteiger partial charge in [-0.05, 0) is 48.9 Å². The van der Waals surface area contributed by atoms with Crippen molar-refractivity contribution in [2.45, 2.75) is 6.92 Å². The first kappa shape index (κ1) is 19.5. The third kappa shape index (κ3) is 4.26. The van der Waals surface area contributed by atoms with Gasteiger partial charge in [0.1, 0.15) is 11.8 Å². The average Bonchev–Trinajstić information content (AvgIpc) is 2.79. The van der Waals surface area contributed by atoms with Crippen molar-refractivity contribution < 1.29 is 4.79 Å². The van der Waals surface area contributed by atoms with E-state index in [0.29, 0.717) is 16.9 Å². The second kappa shape index (κ2) is 8.66. The van der Waals surface area contributed by atoms with Crippen molar-refractivity contribution in [2.75, 3.05) is 41.3 Å². The molecule has 1 saturated heterocycles.